The predicted octanol–water partition coefficient (Wildman–Crippen LogP) is 16.1. The van der Waals surface area contributed by atoms with Crippen molar-refractivity contribution in [2.45, 2.75) is 165 Å². The van der Waals surface area contributed by atoms with Gasteiger partial charge in [0, 0.05) is 0 Å². The molecule has 0 fully saturated rings. The lowest BCUT2D eigenvalue weighted by Crippen LogP contribution is -1.97. The molecule has 0 heterocycles. The Bertz CT molecular complexity index is 1480. The van der Waals surface area contributed by atoms with E-state index >= 15 is 0 Å². The summed E-state index contributed by atoms with van der Waals surface area (Å²) in [4.78, 5) is 0. The number of hydrogen-bond acceptors (Lipinski definition) is 1. The summed E-state index contributed by atoms with van der Waals surface area (Å²) < 4.78 is 5.40. The average Bonchev–Trinajstić information content (AvgIpc) is 3.08. The molecule has 1 nitrogen and oxygen atoms in total. The molecular weight excluding hydrogens is 617 g/mol. The molecule has 4 aromatic rings. The van der Waals surface area contributed by atoms with Crippen LogP contribution < -0.4 is 4.74 Å². The zero-order chi connectivity index (χ0) is 39.0. The van der Waals surface area contributed by atoms with Crippen molar-refractivity contribution in [3.05, 3.63) is 135 Å². The van der Waals surface area contributed by atoms with Crippen LogP contribution in [0.25, 0.3) is 0 Å². The molecule has 0 aromatic heterocycles. The van der Waals surface area contributed by atoms with Gasteiger partial charge in [0.25, 0.3) is 0 Å². The van der Waals surface area contributed by atoms with Gasteiger partial charge in [-0.1, -0.05) is 190 Å². The quantitative estimate of drug-likeness (QED) is 0.170. The summed E-state index contributed by atoms with van der Waals surface area (Å²) in [7, 11) is 1.74. The molecule has 0 unspecified atom stereocenters. The van der Waals surface area contributed by atoms with E-state index in [-0.39, 0.29) is 0 Å². The zero-order valence-corrected chi connectivity index (χ0v) is 36.1. The molecule has 282 valence electrons. The molecule has 0 amide bonds. The molecule has 51 heavy (non-hydrogen) atoms. The number of rotatable bonds is 9. The van der Waals surface area contributed by atoms with E-state index in [0.717, 1.165) is 5.75 Å². The maximum atomic E-state index is 5.40. The monoisotopic (exact) mass is 693 g/mol. The van der Waals surface area contributed by atoms with Crippen LogP contribution in [-0.4, -0.2) is 7.11 Å². The Morgan fingerprint density at radius 3 is 0.941 bits per heavy atom. The van der Waals surface area contributed by atoms with E-state index in [0.29, 0.717) is 47.3 Å². The fraction of sp³-hybridized carbons (Fsp3) is 0.520. The Kier molecular flexibility index (Phi) is 20.2. The van der Waals surface area contributed by atoms with Crippen molar-refractivity contribution in [3.8, 4) is 5.75 Å². The second-order valence-corrected chi connectivity index (χ2v) is 16.7. The molecule has 0 aliphatic heterocycles. The molecule has 0 aliphatic carbocycles. The standard InChI is InChI=1S/C13H20O.C13H20.2C12H18/c1-9(2)11-6-7-12(10(3)4)13(8-11)14-5;1-9(2)12-6-7-13(10(3)4)11(5)8-12;1-9(2)11-5-7-12(8-6-11)10(3)4;1-9(2)11-7-5-6-8-12(11)10(3)4/h6-10H,1-5H3;6-10H,1-5H3;2*5-10H,1-4H3. The summed E-state index contributed by atoms with van der Waals surface area (Å²) in [5, 5.41) is 0. The minimum absolute atomic E-state index is 0.520. The molecular formula is C50H76O. The first-order valence-corrected chi connectivity index (χ1v) is 19.8. The number of methoxy groups -OCH3 is 1. The molecule has 1 heteroatoms. The highest BCUT2D eigenvalue weighted by Gasteiger charge is 2.10. The molecule has 4 rings (SSSR count). The Hall–Kier alpha value is -3.32. The van der Waals surface area contributed by atoms with E-state index in [9.17, 15) is 0 Å². The minimum Gasteiger partial charge on any atom is -0.496 e. The van der Waals surface area contributed by atoms with Gasteiger partial charge in [-0.05, 0) is 110 Å². The van der Waals surface area contributed by atoms with Gasteiger partial charge in [-0.3, -0.25) is 0 Å². The predicted molar refractivity (Wildman–Crippen MR) is 230 cm³/mol. The summed E-state index contributed by atoms with van der Waals surface area (Å²) in [5.41, 5.74) is 12.8. The Balaban J connectivity index is 0.000000341. The molecule has 0 saturated carbocycles. The van der Waals surface area contributed by atoms with Gasteiger partial charge >= 0.3 is 0 Å². The normalized spacial score (nSPS) is 11.2. The molecule has 0 N–H and O–H groups in total. The first-order chi connectivity index (χ1) is 23.8. The topological polar surface area (TPSA) is 9.23 Å². The van der Waals surface area contributed by atoms with Crippen molar-refractivity contribution in [1.82, 2.24) is 0 Å². The van der Waals surface area contributed by atoms with E-state index in [1.54, 1.807) is 7.11 Å². The molecule has 4 aromatic carbocycles. The van der Waals surface area contributed by atoms with Crippen LogP contribution in [-0.2, 0) is 0 Å². The minimum atomic E-state index is 0.520. The Labute approximate surface area is 316 Å². The molecule has 0 radical (unpaired) electrons. The third kappa shape index (κ3) is 15.4. The smallest absolute Gasteiger partial charge is 0.122 e. The van der Waals surface area contributed by atoms with E-state index in [4.69, 9.17) is 4.74 Å². The van der Waals surface area contributed by atoms with Crippen LogP contribution >= 0.6 is 0 Å². The largest absolute Gasteiger partial charge is 0.496 e. The van der Waals surface area contributed by atoms with Crippen LogP contribution in [0.2, 0.25) is 0 Å². The van der Waals surface area contributed by atoms with Crippen LogP contribution in [0.3, 0.4) is 0 Å². The fourth-order valence-electron chi connectivity index (χ4n) is 6.10. The lowest BCUT2D eigenvalue weighted by atomic mass is 9.91. The number of benzene rings is 4. The first kappa shape index (κ1) is 45.7. The summed E-state index contributed by atoms with van der Waals surface area (Å²) in [5.74, 6) is 5.95. The maximum Gasteiger partial charge on any atom is 0.122 e. The third-order valence-electron chi connectivity index (χ3n) is 9.64. The van der Waals surface area contributed by atoms with Crippen LogP contribution in [0, 0.1) is 6.92 Å². The second-order valence-electron chi connectivity index (χ2n) is 16.7. The maximum absolute atomic E-state index is 5.40. The van der Waals surface area contributed by atoms with Gasteiger partial charge < -0.3 is 4.74 Å². The first-order valence-electron chi connectivity index (χ1n) is 19.8. The fourth-order valence-corrected chi connectivity index (χ4v) is 6.10. The van der Waals surface area contributed by atoms with Crippen molar-refractivity contribution < 1.29 is 4.74 Å². The molecule has 0 spiro atoms. The van der Waals surface area contributed by atoms with Gasteiger partial charge in [0.2, 0.25) is 0 Å². The highest BCUT2D eigenvalue weighted by molar-refractivity contribution is 5.40. The van der Waals surface area contributed by atoms with Crippen LogP contribution in [0.15, 0.2) is 84.9 Å². The average molecular weight is 693 g/mol. The van der Waals surface area contributed by atoms with Gasteiger partial charge in [-0.15, -0.1) is 0 Å². The molecule has 0 aliphatic rings. The summed E-state index contributed by atoms with van der Waals surface area (Å²) in [6.45, 7) is 37.9. The number of aryl methyl sites for hydroxylation is 1. The lowest BCUT2D eigenvalue weighted by Gasteiger charge is -2.14. The van der Waals surface area contributed by atoms with Crippen molar-refractivity contribution in [3.63, 3.8) is 0 Å². The van der Waals surface area contributed by atoms with Gasteiger partial charge in [0.1, 0.15) is 5.75 Å². The summed E-state index contributed by atoms with van der Waals surface area (Å²) in [6, 6.07) is 31.0. The zero-order valence-electron chi connectivity index (χ0n) is 36.1. The highest BCUT2D eigenvalue weighted by atomic mass is 16.5. The Morgan fingerprint density at radius 1 is 0.333 bits per heavy atom. The van der Waals surface area contributed by atoms with Crippen LogP contribution in [0.4, 0.5) is 0 Å². The molecule has 0 saturated heterocycles. The summed E-state index contributed by atoms with van der Waals surface area (Å²) >= 11 is 0. The highest BCUT2D eigenvalue weighted by Crippen LogP contribution is 2.30. The van der Waals surface area contributed by atoms with Crippen molar-refractivity contribution in [1.29, 1.82) is 0 Å². The van der Waals surface area contributed by atoms with Crippen LogP contribution in [0.5, 0.6) is 5.75 Å². The van der Waals surface area contributed by atoms with E-state index in [2.05, 4.69) is 203 Å². The van der Waals surface area contributed by atoms with Crippen molar-refractivity contribution >= 4 is 0 Å². The van der Waals surface area contributed by atoms with E-state index in [1.165, 1.54) is 50.1 Å². The van der Waals surface area contributed by atoms with Gasteiger partial charge in [-0.25, -0.2) is 0 Å². The van der Waals surface area contributed by atoms with E-state index in [1.807, 2.05) is 0 Å². The van der Waals surface area contributed by atoms with Gasteiger partial charge in [-0.2, -0.15) is 0 Å². The summed E-state index contributed by atoms with van der Waals surface area (Å²) in [6.07, 6.45) is 0. The number of hydrogen-bond donors (Lipinski definition) is 0. The molecule has 0 bridgehead atoms. The van der Waals surface area contributed by atoms with Crippen molar-refractivity contribution in [2.24, 2.45) is 0 Å². The second kappa shape index (κ2) is 22.6. The van der Waals surface area contributed by atoms with Gasteiger partial charge in [0.15, 0.2) is 0 Å². The lowest BCUT2D eigenvalue weighted by molar-refractivity contribution is 0.406. The van der Waals surface area contributed by atoms with Crippen molar-refractivity contribution in [2.75, 3.05) is 7.11 Å². The van der Waals surface area contributed by atoms with Crippen LogP contribution in [0.1, 0.15) is 208 Å². The van der Waals surface area contributed by atoms with E-state index < -0.39 is 0 Å². The molecule has 0 atom stereocenters. The van der Waals surface area contributed by atoms with Gasteiger partial charge in [0.05, 0.1) is 7.11 Å². The SMILES string of the molecule is CC(C)c1ccc(C(C)C)cc1.CC(C)c1ccccc1C(C)C.COc1cc(C(C)C)ccc1C(C)C.Cc1cc(C(C)C)ccc1C(C)C. The Morgan fingerprint density at radius 2 is 0.647 bits per heavy atom. The number of ether oxygens (including phenoxy) is 1. The third-order valence-corrected chi connectivity index (χ3v) is 9.64.